The van der Waals surface area contributed by atoms with Crippen LogP contribution in [0.15, 0.2) is 30.5 Å². The second kappa shape index (κ2) is 5.88. The molecule has 0 aliphatic rings. The highest BCUT2D eigenvalue weighted by atomic mass is 16.4. The Morgan fingerprint density at radius 3 is 2.86 bits per heavy atom. The van der Waals surface area contributed by atoms with Crippen LogP contribution in [0.1, 0.15) is 11.1 Å². The molecule has 0 fully saturated rings. The fourth-order valence-corrected chi connectivity index (χ4v) is 1.85. The summed E-state index contributed by atoms with van der Waals surface area (Å²) in [4.78, 5) is 19.9. The van der Waals surface area contributed by atoms with Gasteiger partial charge in [0.25, 0.3) is 0 Å². The molecule has 3 N–H and O–H groups in total. The summed E-state index contributed by atoms with van der Waals surface area (Å²) in [6.07, 6.45) is 0.481. The zero-order chi connectivity index (χ0) is 15.4. The SMILES string of the molecule is CN(Cc1cc(-c2ccnc(N)n2)ccc1C#N)C(=O)O. The summed E-state index contributed by atoms with van der Waals surface area (Å²) in [5.41, 5.74) is 7.95. The van der Waals surface area contributed by atoms with Gasteiger partial charge < -0.3 is 15.7 Å². The lowest BCUT2D eigenvalue weighted by Gasteiger charge is -2.14. The van der Waals surface area contributed by atoms with Crippen molar-refractivity contribution in [2.75, 3.05) is 12.8 Å². The summed E-state index contributed by atoms with van der Waals surface area (Å²) in [7, 11) is 1.44. The molecule has 7 nitrogen and oxygen atoms in total. The third-order valence-electron chi connectivity index (χ3n) is 2.93. The van der Waals surface area contributed by atoms with E-state index in [2.05, 4.69) is 16.0 Å². The van der Waals surface area contributed by atoms with Crippen molar-refractivity contribution in [3.8, 4) is 17.3 Å². The number of nitrogen functional groups attached to an aromatic ring is 1. The lowest BCUT2D eigenvalue weighted by molar-refractivity contribution is 0.153. The van der Waals surface area contributed by atoms with Gasteiger partial charge in [-0.1, -0.05) is 6.07 Å². The van der Waals surface area contributed by atoms with Crippen LogP contribution in [0.5, 0.6) is 0 Å². The third-order valence-corrected chi connectivity index (χ3v) is 2.93. The summed E-state index contributed by atoms with van der Waals surface area (Å²) in [5, 5.41) is 18.0. The van der Waals surface area contributed by atoms with Crippen LogP contribution >= 0.6 is 0 Å². The molecular formula is C14H13N5O2. The maximum atomic E-state index is 10.9. The number of aromatic nitrogens is 2. The van der Waals surface area contributed by atoms with Crippen LogP contribution in [0.2, 0.25) is 0 Å². The van der Waals surface area contributed by atoms with E-state index in [0.717, 1.165) is 10.5 Å². The van der Waals surface area contributed by atoms with Gasteiger partial charge in [0.1, 0.15) is 0 Å². The number of amides is 1. The first-order valence-corrected chi connectivity index (χ1v) is 6.07. The summed E-state index contributed by atoms with van der Waals surface area (Å²) >= 11 is 0. The predicted molar refractivity (Wildman–Crippen MR) is 76.1 cm³/mol. The number of nitrogens with zero attached hydrogens (tertiary/aromatic N) is 4. The molecule has 0 bridgehead atoms. The largest absolute Gasteiger partial charge is 0.465 e. The van der Waals surface area contributed by atoms with Gasteiger partial charge in [0.05, 0.1) is 17.3 Å². The van der Waals surface area contributed by atoms with Crippen LogP contribution in [0.4, 0.5) is 10.7 Å². The maximum Gasteiger partial charge on any atom is 0.407 e. The molecule has 0 aliphatic heterocycles. The highest BCUT2D eigenvalue weighted by molar-refractivity contribution is 5.66. The van der Waals surface area contributed by atoms with Gasteiger partial charge in [-0.25, -0.2) is 14.8 Å². The molecule has 1 aromatic heterocycles. The Labute approximate surface area is 121 Å². The molecular weight excluding hydrogens is 270 g/mol. The monoisotopic (exact) mass is 283 g/mol. The Morgan fingerprint density at radius 1 is 1.48 bits per heavy atom. The van der Waals surface area contributed by atoms with Crippen LogP contribution in [0.3, 0.4) is 0 Å². The van der Waals surface area contributed by atoms with Crippen molar-refractivity contribution in [3.05, 3.63) is 41.6 Å². The quantitative estimate of drug-likeness (QED) is 0.885. The van der Waals surface area contributed by atoms with E-state index < -0.39 is 6.09 Å². The normalized spacial score (nSPS) is 9.90. The topological polar surface area (TPSA) is 116 Å². The van der Waals surface area contributed by atoms with E-state index in [1.807, 2.05) is 0 Å². The molecule has 2 aromatic rings. The Bertz CT molecular complexity index is 724. The number of anilines is 1. The number of hydrogen-bond acceptors (Lipinski definition) is 5. The predicted octanol–water partition coefficient (Wildman–Crippen LogP) is 1.71. The smallest absolute Gasteiger partial charge is 0.407 e. The minimum Gasteiger partial charge on any atom is -0.465 e. The first-order valence-electron chi connectivity index (χ1n) is 6.07. The van der Waals surface area contributed by atoms with E-state index in [4.69, 9.17) is 16.1 Å². The molecule has 0 aliphatic carbocycles. The highest BCUT2D eigenvalue weighted by Gasteiger charge is 2.12. The number of hydrogen-bond donors (Lipinski definition) is 2. The van der Waals surface area contributed by atoms with E-state index >= 15 is 0 Å². The molecule has 21 heavy (non-hydrogen) atoms. The summed E-state index contributed by atoms with van der Waals surface area (Å²) in [5.74, 6) is 0.154. The number of carboxylic acid groups (broad SMARTS) is 1. The Balaban J connectivity index is 2.42. The third kappa shape index (κ3) is 3.25. The van der Waals surface area contributed by atoms with Crippen molar-refractivity contribution < 1.29 is 9.90 Å². The molecule has 106 valence electrons. The molecule has 2 rings (SSSR count). The molecule has 0 saturated carbocycles. The van der Waals surface area contributed by atoms with E-state index in [-0.39, 0.29) is 12.5 Å². The molecule has 0 radical (unpaired) electrons. The van der Waals surface area contributed by atoms with Gasteiger partial charge in [-0.2, -0.15) is 5.26 Å². The van der Waals surface area contributed by atoms with Crippen molar-refractivity contribution in [2.45, 2.75) is 6.54 Å². The first-order chi connectivity index (χ1) is 10.0. The van der Waals surface area contributed by atoms with Gasteiger partial charge in [-0.05, 0) is 23.8 Å². The van der Waals surface area contributed by atoms with Crippen LogP contribution in [0, 0.1) is 11.3 Å². The molecule has 0 saturated heterocycles. The minimum atomic E-state index is -1.06. The molecule has 1 heterocycles. The van der Waals surface area contributed by atoms with Gasteiger partial charge in [0.15, 0.2) is 0 Å². The van der Waals surface area contributed by atoms with Gasteiger partial charge in [0.2, 0.25) is 5.95 Å². The van der Waals surface area contributed by atoms with Crippen molar-refractivity contribution in [1.82, 2.24) is 14.9 Å². The number of rotatable bonds is 3. The minimum absolute atomic E-state index is 0.118. The molecule has 1 aromatic carbocycles. The number of nitrogens with two attached hydrogens (primary N) is 1. The van der Waals surface area contributed by atoms with Crippen molar-refractivity contribution in [1.29, 1.82) is 5.26 Å². The fraction of sp³-hybridized carbons (Fsp3) is 0.143. The zero-order valence-corrected chi connectivity index (χ0v) is 11.3. The Morgan fingerprint density at radius 2 is 2.24 bits per heavy atom. The summed E-state index contributed by atoms with van der Waals surface area (Å²) in [6, 6.07) is 8.86. The second-order valence-corrected chi connectivity index (χ2v) is 4.42. The van der Waals surface area contributed by atoms with Crippen molar-refractivity contribution in [3.63, 3.8) is 0 Å². The van der Waals surface area contributed by atoms with Gasteiger partial charge in [-0.3, -0.25) is 0 Å². The standard InChI is InChI=1S/C14H13N5O2/c1-19(14(20)21)8-11-6-9(2-3-10(11)7-15)12-4-5-17-13(16)18-12/h2-6H,8H2,1H3,(H,20,21)(H2,16,17,18). The van der Waals surface area contributed by atoms with Gasteiger partial charge in [-0.15, -0.1) is 0 Å². The molecule has 0 unspecified atom stereocenters. The number of benzene rings is 1. The molecule has 0 atom stereocenters. The van der Waals surface area contributed by atoms with Gasteiger partial charge >= 0.3 is 6.09 Å². The van der Waals surface area contributed by atoms with E-state index in [0.29, 0.717) is 16.8 Å². The summed E-state index contributed by atoms with van der Waals surface area (Å²) in [6.45, 7) is 0.118. The van der Waals surface area contributed by atoms with E-state index in [9.17, 15) is 4.79 Å². The fourth-order valence-electron chi connectivity index (χ4n) is 1.85. The van der Waals surface area contributed by atoms with Crippen LogP contribution in [-0.4, -0.2) is 33.1 Å². The van der Waals surface area contributed by atoms with E-state index in [1.54, 1.807) is 30.5 Å². The van der Waals surface area contributed by atoms with Gasteiger partial charge in [0, 0.05) is 25.4 Å². The zero-order valence-electron chi connectivity index (χ0n) is 11.3. The Hall–Kier alpha value is -3.14. The molecule has 7 heteroatoms. The maximum absolute atomic E-state index is 10.9. The average molecular weight is 283 g/mol. The Kier molecular flexibility index (Phi) is 4.00. The van der Waals surface area contributed by atoms with Crippen LogP contribution < -0.4 is 5.73 Å². The molecule has 0 spiro atoms. The number of carbonyl (C=O) groups is 1. The summed E-state index contributed by atoms with van der Waals surface area (Å²) < 4.78 is 0. The van der Waals surface area contributed by atoms with Crippen LogP contribution in [-0.2, 0) is 6.54 Å². The average Bonchev–Trinajstić information content (AvgIpc) is 2.47. The first kappa shape index (κ1) is 14.3. The lowest BCUT2D eigenvalue weighted by atomic mass is 10.0. The number of nitriles is 1. The lowest BCUT2D eigenvalue weighted by Crippen LogP contribution is -2.24. The van der Waals surface area contributed by atoms with Crippen molar-refractivity contribution in [2.24, 2.45) is 0 Å². The van der Waals surface area contributed by atoms with Crippen LogP contribution in [0.25, 0.3) is 11.3 Å². The highest BCUT2D eigenvalue weighted by Crippen LogP contribution is 2.22. The van der Waals surface area contributed by atoms with Crippen molar-refractivity contribution >= 4 is 12.0 Å². The second-order valence-electron chi connectivity index (χ2n) is 4.42. The molecule has 1 amide bonds. The van der Waals surface area contributed by atoms with E-state index in [1.165, 1.54) is 7.05 Å².